The fourth-order valence-corrected chi connectivity index (χ4v) is 3.95. The minimum Gasteiger partial charge on any atom is -0.492 e. The molecule has 5 nitrogen and oxygen atoms in total. The normalized spacial score (nSPS) is 15.7. The van der Waals surface area contributed by atoms with Gasteiger partial charge in [0.1, 0.15) is 17.4 Å². The Morgan fingerprint density at radius 3 is 2.96 bits per heavy atom. The van der Waals surface area contributed by atoms with Crippen LogP contribution in [0.5, 0.6) is 5.75 Å². The molecule has 2 aromatic carbocycles. The highest BCUT2D eigenvalue weighted by Gasteiger charge is 2.22. The van der Waals surface area contributed by atoms with Crippen LogP contribution in [0, 0.1) is 0 Å². The van der Waals surface area contributed by atoms with Crippen LogP contribution in [0.15, 0.2) is 66.1 Å². The van der Waals surface area contributed by atoms with Crippen LogP contribution >= 0.6 is 11.9 Å². The van der Waals surface area contributed by atoms with Crippen molar-refractivity contribution in [2.24, 2.45) is 7.05 Å². The second-order valence-electron chi connectivity index (χ2n) is 6.71. The van der Waals surface area contributed by atoms with Crippen molar-refractivity contribution in [2.75, 3.05) is 13.2 Å². The standard InChI is InChI=1S/C21H24N4OS/c1-25-14-21(23-15-25)27-24-9-10-26-18-8-7-17-13-22-20(19(17)12-18)11-16-5-3-2-4-6-16/h2-8,12,14-15,20,22,24H,9-11,13H2,1H3. The molecule has 0 saturated heterocycles. The number of aromatic nitrogens is 2. The zero-order valence-electron chi connectivity index (χ0n) is 15.4. The molecule has 0 aliphatic carbocycles. The lowest BCUT2D eigenvalue weighted by molar-refractivity contribution is 0.324. The minimum atomic E-state index is 0.351. The third-order valence-electron chi connectivity index (χ3n) is 4.65. The first-order valence-corrected chi connectivity index (χ1v) is 10.0. The molecule has 1 atom stereocenters. The number of hydrogen-bond acceptors (Lipinski definition) is 5. The second-order valence-corrected chi connectivity index (χ2v) is 7.62. The summed E-state index contributed by atoms with van der Waals surface area (Å²) in [6, 6.07) is 17.4. The van der Waals surface area contributed by atoms with Crippen molar-refractivity contribution >= 4 is 11.9 Å². The summed E-state index contributed by atoms with van der Waals surface area (Å²) >= 11 is 1.53. The van der Waals surface area contributed by atoms with Gasteiger partial charge in [0.2, 0.25) is 0 Å². The number of nitrogens with one attached hydrogen (secondary N) is 2. The summed E-state index contributed by atoms with van der Waals surface area (Å²) in [7, 11) is 1.97. The molecule has 0 radical (unpaired) electrons. The maximum absolute atomic E-state index is 5.94. The van der Waals surface area contributed by atoms with Gasteiger partial charge in [-0.15, -0.1) is 0 Å². The number of benzene rings is 2. The Labute approximate surface area is 164 Å². The van der Waals surface area contributed by atoms with Gasteiger partial charge in [0.05, 0.1) is 6.33 Å². The Morgan fingerprint density at radius 2 is 2.15 bits per heavy atom. The van der Waals surface area contributed by atoms with Crippen LogP contribution in [0.25, 0.3) is 0 Å². The second kappa shape index (κ2) is 8.61. The van der Waals surface area contributed by atoms with Crippen molar-refractivity contribution in [3.05, 3.63) is 77.7 Å². The topological polar surface area (TPSA) is 51.1 Å². The molecule has 0 saturated carbocycles. The Hall–Kier alpha value is -2.28. The van der Waals surface area contributed by atoms with Gasteiger partial charge in [-0.1, -0.05) is 36.4 Å². The Kier molecular flexibility index (Phi) is 5.77. The van der Waals surface area contributed by atoms with Crippen LogP contribution in [-0.4, -0.2) is 22.7 Å². The number of aryl methyl sites for hydroxylation is 1. The highest BCUT2D eigenvalue weighted by atomic mass is 32.2. The van der Waals surface area contributed by atoms with Crippen LogP contribution in [0.1, 0.15) is 22.7 Å². The average molecular weight is 381 g/mol. The van der Waals surface area contributed by atoms with E-state index in [1.165, 1.54) is 28.6 Å². The number of nitrogens with zero attached hydrogens (tertiary/aromatic N) is 2. The SMILES string of the molecule is Cn1cnc(SNCCOc2ccc3c(c2)C(Cc2ccccc2)NC3)c1. The van der Waals surface area contributed by atoms with Gasteiger partial charge < -0.3 is 14.6 Å². The van der Waals surface area contributed by atoms with Crippen molar-refractivity contribution in [3.8, 4) is 5.75 Å². The molecule has 0 bridgehead atoms. The zero-order chi connectivity index (χ0) is 18.5. The quantitative estimate of drug-likeness (QED) is 0.463. The first kappa shape index (κ1) is 18.1. The first-order valence-electron chi connectivity index (χ1n) is 9.18. The molecule has 6 heteroatoms. The van der Waals surface area contributed by atoms with Crippen LogP contribution in [-0.2, 0) is 20.0 Å². The van der Waals surface area contributed by atoms with Crippen molar-refractivity contribution in [1.29, 1.82) is 0 Å². The summed E-state index contributed by atoms with van der Waals surface area (Å²) in [5.41, 5.74) is 4.07. The van der Waals surface area contributed by atoms with Crippen molar-refractivity contribution in [1.82, 2.24) is 19.6 Å². The molecule has 1 aliphatic heterocycles. The lowest BCUT2D eigenvalue weighted by atomic mass is 9.98. The summed E-state index contributed by atoms with van der Waals surface area (Å²) in [4.78, 5) is 4.27. The lowest BCUT2D eigenvalue weighted by Crippen LogP contribution is -2.15. The summed E-state index contributed by atoms with van der Waals surface area (Å²) in [6.45, 7) is 2.30. The molecule has 140 valence electrons. The molecule has 1 aromatic heterocycles. The predicted octanol–water partition coefficient (Wildman–Crippen LogP) is 3.48. The fourth-order valence-electron chi connectivity index (χ4n) is 3.30. The van der Waals surface area contributed by atoms with E-state index >= 15 is 0 Å². The van der Waals surface area contributed by atoms with Crippen molar-refractivity contribution in [2.45, 2.75) is 24.0 Å². The van der Waals surface area contributed by atoms with Crippen LogP contribution in [0.2, 0.25) is 0 Å². The van der Waals surface area contributed by atoms with E-state index in [2.05, 4.69) is 63.6 Å². The molecular formula is C21H24N4OS. The van der Waals surface area contributed by atoms with Gasteiger partial charge in [-0.05, 0) is 47.2 Å². The molecule has 0 amide bonds. The highest BCUT2D eigenvalue weighted by Crippen LogP contribution is 2.31. The van der Waals surface area contributed by atoms with Gasteiger partial charge in [0.25, 0.3) is 0 Å². The molecule has 1 unspecified atom stereocenters. The highest BCUT2D eigenvalue weighted by molar-refractivity contribution is 7.97. The molecule has 2 N–H and O–H groups in total. The fraction of sp³-hybridized carbons (Fsp3) is 0.286. The minimum absolute atomic E-state index is 0.351. The maximum atomic E-state index is 5.94. The third kappa shape index (κ3) is 4.71. The van der Waals surface area contributed by atoms with Gasteiger partial charge in [-0.25, -0.2) is 4.98 Å². The van der Waals surface area contributed by atoms with E-state index in [0.29, 0.717) is 12.6 Å². The van der Waals surface area contributed by atoms with Gasteiger partial charge in [-0.2, -0.15) is 0 Å². The van der Waals surface area contributed by atoms with E-state index in [9.17, 15) is 0 Å². The van der Waals surface area contributed by atoms with Gasteiger partial charge in [-0.3, -0.25) is 4.72 Å². The maximum Gasteiger partial charge on any atom is 0.129 e. The predicted molar refractivity (Wildman–Crippen MR) is 109 cm³/mol. The van der Waals surface area contributed by atoms with E-state index in [1.54, 1.807) is 6.33 Å². The summed E-state index contributed by atoms with van der Waals surface area (Å²) < 4.78 is 11.2. The zero-order valence-corrected chi connectivity index (χ0v) is 16.2. The van der Waals surface area contributed by atoms with Gasteiger partial charge in [0.15, 0.2) is 0 Å². The number of imidazole rings is 1. The largest absolute Gasteiger partial charge is 0.492 e. The van der Waals surface area contributed by atoms with Crippen molar-refractivity contribution in [3.63, 3.8) is 0 Å². The number of hydrogen-bond donors (Lipinski definition) is 2. The molecule has 2 heterocycles. The smallest absolute Gasteiger partial charge is 0.129 e. The van der Waals surface area contributed by atoms with Crippen LogP contribution in [0.4, 0.5) is 0 Å². The van der Waals surface area contributed by atoms with E-state index in [1.807, 2.05) is 17.8 Å². The lowest BCUT2D eigenvalue weighted by Gasteiger charge is -2.14. The molecular weight excluding hydrogens is 356 g/mol. The Morgan fingerprint density at radius 1 is 1.26 bits per heavy atom. The van der Waals surface area contributed by atoms with Gasteiger partial charge in [0, 0.05) is 32.4 Å². The first-order chi connectivity index (χ1) is 13.3. The van der Waals surface area contributed by atoms with Gasteiger partial charge >= 0.3 is 0 Å². The summed E-state index contributed by atoms with van der Waals surface area (Å²) in [6.07, 6.45) is 4.78. The number of fused-ring (bicyclic) bond motifs is 1. The molecule has 0 fully saturated rings. The van der Waals surface area contributed by atoms with E-state index in [0.717, 1.165) is 30.3 Å². The van der Waals surface area contributed by atoms with E-state index < -0.39 is 0 Å². The van der Waals surface area contributed by atoms with Crippen molar-refractivity contribution < 1.29 is 4.74 Å². The van der Waals surface area contributed by atoms with E-state index in [-0.39, 0.29) is 0 Å². The molecule has 1 aliphatic rings. The number of ether oxygens (including phenoxy) is 1. The summed E-state index contributed by atoms with van der Waals surface area (Å²) in [5.74, 6) is 0.931. The number of rotatable bonds is 8. The van der Waals surface area contributed by atoms with Crippen LogP contribution < -0.4 is 14.8 Å². The molecule has 0 spiro atoms. The Bertz CT molecular complexity index is 881. The van der Waals surface area contributed by atoms with Crippen LogP contribution in [0.3, 0.4) is 0 Å². The summed E-state index contributed by atoms with van der Waals surface area (Å²) in [5, 5.41) is 4.58. The third-order valence-corrected chi connectivity index (χ3v) is 5.41. The van der Waals surface area contributed by atoms with E-state index in [4.69, 9.17) is 4.74 Å². The molecule has 4 rings (SSSR count). The average Bonchev–Trinajstić information content (AvgIpc) is 3.28. The molecule has 3 aromatic rings. The Balaban J connectivity index is 1.29. The monoisotopic (exact) mass is 380 g/mol. The molecule has 27 heavy (non-hydrogen) atoms.